The maximum atomic E-state index is 14.4. The number of hydrogen-bond acceptors (Lipinski definition) is 5. The number of amides is 1. The van der Waals surface area contributed by atoms with Crippen molar-refractivity contribution in [3.05, 3.63) is 59.8 Å². The molecular formula is C33H44FN5O3S. The SMILES string of the molecule is CC(C)N(C)C(=O)c1cc(F)ccc1-n1cc(C2CC3CN(C[C@H]4CC[C@H](NS(C)(=O)=O)CC4)CC3C2)c2ccncc21. The van der Waals surface area contributed by atoms with E-state index in [0.29, 0.717) is 34.9 Å². The van der Waals surface area contributed by atoms with Gasteiger partial charge in [-0.05, 0) is 106 Å². The molecule has 232 valence electrons. The molecule has 43 heavy (non-hydrogen) atoms. The zero-order valence-electron chi connectivity index (χ0n) is 25.7. The standard InChI is InChI=1S/C33H44FN5O3S/c1-21(2)37(3)33(40)29-15-26(34)7-10-31(29)39-20-30(28-11-12-35-16-32(28)39)23-13-24-18-38(19-25(24)14-23)17-22-5-8-27(9-6-22)36-43(4,41)42/h7,10-12,15-16,20-25,27,36H,5-6,8-9,13-14,17-19H2,1-4H3/t22-,23?,24?,25?,27-. The number of carbonyl (C=O) groups excluding carboxylic acids is 1. The molecule has 1 amide bonds. The summed E-state index contributed by atoms with van der Waals surface area (Å²) in [4.78, 5) is 22.1. The first-order chi connectivity index (χ1) is 20.5. The molecule has 6 rings (SSSR count). The molecule has 2 aromatic heterocycles. The lowest BCUT2D eigenvalue weighted by Crippen LogP contribution is -2.39. The van der Waals surface area contributed by atoms with Crippen molar-refractivity contribution in [2.24, 2.45) is 17.8 Å². The number of nitrogens with one attached hydrogen (secondary N) is 1. The van der Waals surface area contributed by atoms with E-state index in [-0.39, 0.29) is 18.0 Å². The second kappa shape index (κ2) is 11.9. The summed E-state index contributed by atoms with van der Waals surface area (Å²) < 4.78 is 42.4. The van der Waals surface area contributed by atoms with E-state index in [2.05, 4.69) is 26.9 Å². The van der Waals surface area contributed by atoms with E-state index in [1.807, 2.05) is 30.8 Å². The molecule has 2 aliphatic carbocycles. The van der Waals surface area contributed by atoms with Crippen LogP contribution in [-0.2, 0) is 10.0 Å². The highest BCUT2D eigenvalue weighted by molar-refractivity contribution is 7.88. The van der Waals surface area contributed by atoms with Gasteiger partial charge in [0.25, 0.3) is 5.91 Å². The van der Waals surface area contributed by atoms with Gasteiger partial charge in [0.15, 0.2) is 0 Å². The molecule has 8 nitrogen and oxygen atoms in total. The first-order valence-corrected chi connectivity index (χ1v) is 17.6. The van der Waals surface area contributed by atoms with E-state index < -0.39 is 15.8 Å². The molecule has 2 saturated carbocycles. The number of rotatable bonds is 8. The molecular weight excluding hydrogens is 565 g/mol. The molecule has 3 aliphatic rings. The lowest BCUT2D eigenvalue weighted by Gasteiger charge is -2.31. The van der Waals surface area contributed by atoms with Crippen molar-refractivity contribution in [1.29, 1.82) is 0 Å². The number of benzene rings is 1. The average molecular weight is 610 g/mol. The molecule has 3 heterocycles. The Labute approximate surface area is 254 Å². The fourth-order valence-electron chi connectivity index (χ4n) is 7.87. The normalized spacial score (nSPS) is 26.3. The lowest BCUT2D eigenvalue weighted by molar-refractivity contribution is 0.0754. The van der Waals surface area contributed by atoms with Crippen LogP contribution in [0, 0.1) is 23.6 Å². The summed E-state index contributed by atoms with van der Waals surface area (Å²) in [6, 6.07) is 6.63. The Kier molecular flexibility index (Phi) is 8.39. The molecule has 0 bridgehead atoms. The second-order valence-electron chi connectivity index (χ2n) is 13.5. The molecule has 1 saturated heterocycles. The highest BCUT2D eigenvalue weighted by atomic mass is 32.2. The molecule has 1 aromatic carbocycles. The highest BCUT2D eigenvalue weighted by Crippen LogP contribution is 2.48. The van der Waals surface area contributed by atoms with Gasteiger partial charge in [0.1, 0.15) is 5.82 Å². The molecule has 0 spiro atoms. The number of nitrogens with zero attached hydrogens (tertiary/aromatic N) is 4. The Bertz CT molecular complexity index is 1580. The minimum atomic E-state index is -3.14. The smallest absolute Gasteiger partial charge is 0.256 e. The first-order valence-electron chi connectivity index (χ1n) is 15.7. The van der Waals surface area contributed by atoms with Crippen molar-refractivity contribution in [3.8, 4) is 5.69 Å². The number of hydrogen-bond donors (Lipinski definition) is 1. The number of likely N-dealkylation sites (tertiary alicyclic amines) is 1. The van der Waals surface area contributed by atoms with Crippen molar-refractivity contribution in [2.45, 2.75) is 70.4 Å². The zero-order chi connectivity index (χ0) is 30.5. The topological polar surface area (TPSA) is 87.5 Å². The molecule has 3 aromatic rings. The summed E-state index contributed by atoms with van der Waals surface area (Å²) in [5.41, 5.74) is 3.25. The van der Waals surface area contributed by atoms with E-state index in [0.717, 1.165) is 69.1 Å². The van der Waals surface area contributed by atoms with Gasteiger partial charge in [0.2, 0.25) is 10.0 Å². The van der Waals surface area contributed by atoms with Crippen molar-refractivity contribution in [1.82, 2.24) is 24.1 Å². The van der Waals surface area contributed by atoms with Crippen LogP contribution in [0.3, 0.4) is 0 Å². The van der Waals surface area contributed by atoms with Crippen LogP contribution in [0.25, 0.3) is 16.6 Å². The fourth-order valence-corrected chi connectivity index (χ4v) is 8.71. The summed E-state index contributed by atoms with van der Waals surface area (Å²) in [5, 5.41) is 1.15. The molecule has 2 atom stereocenters. The summed E-state index contributed by atoms with van der Waals surface area (Å²) in [5.74, 6) is 1.77. The van der Waals surface area contributed by atoms with Crippen LogP contribution in [0.4, 0.5) is 4.39 Å². The Morgan fingerprint density at radius 1 is 1.12 bits per heavy atom. The maximum absolute atomic E-state index is 14.4. The number of pyridine rings is 1. The Hall–Kier alpha value is -2.82. The van der Waals surface area contributed by atoms with Gasteiger partial charge in [-0.2, -0.15) is 0 Å². The van der Waals surface area contributed by atoms with Gasteiger partial charge >= 0.3 is 0 Å². The van der Waals surface area contributed by atoms with Crippen LogP contribution in [0.2, 0.25) is 0 Å². The van der Waals surface area contributed by atoms with E-state index in [1.165, 1.54) is 24.0 Å². The fraction of sp³-hybridized carbons (Fsp3) is 0.576. The van der Waals surface area contributed by atoms with Gasteiger partial charge < -0.3 is 14.4 Å². The van der Waals surface area contributed by atoms with Crippen molar-refractivity contribution >= 4 is 26.8 Å². The largest absolute Gasteiger partial charge is 0.339 e. The summed E-state index contributed by atoms with van der Waals surface area (Å²) in [7, 11) is -1.39. The van der Waals surface area contributed by atoms with Crippen LogP contribution in [0.1, 0.15) is 74.2 Å². The van der Waals surface area contributed by atoms with Crippen molar-refractivity contribution in [3.63, 3.8) is 0 Å². The van der Waals surface area contributed by atoms with E-state index in [4.69, 9.17) is 0 Å². The number of aromatic nitrogens is 2. The maximum Gasteiger partial charge on any atom is 0.256 e. The van der Waals surface area contributed by atoms with Crippen LogP contribution < -0.4 is 4.72 Å². The molecule has 2 unspecified atom stereocenters. The van der Waals surface area contributed by atoms with Gasteiger partial charge in [-0.15, -0.1) is 0 Å². The molecule has 0 radical (unpaired) electrons. The number of fused-ring (bicyclic) bond motifs is 2. The molecule has 10 heteroatoms. The third kappa shape index (κ3) is 6.37. The Morgan fingerprint density at radius 2 is 1.81 bits per heavy atom. The van der Waals surface area contributed by atoms with Gasteiger partial charge in [-0.1, -0.05) is 0 Å². The van der Waals surface area contributed by atoms with Crippen molar-refractivity contribution < 1.29 is 17.6 Å². The van der Waals surface area contributed by atoms with Crippen LogP contribution >= 0.6 is 0 Å². The zero-order valence-corrected chi connectivity index (χ0v) is 26.5. The lowest BCUT2D eigenvalue weighted by atomic mass is 9.86. The third-order valence-corrected chi connectivity index (χ3v) is 11.0. The third-order valence-electron chi connectivity index (χ3n) is 10.2. The predicted octanol–water partition coefficient (Wildman–Crippen LogP) is 5.18. The Balaban J connectivity index is 1.17. The van der Waals surface area contributed by atoms with Crippen LogP contribution in [0.5, 0.6) is 0 Å². The minimum Gasteiger partial charge on any atom is -0.339 e. The summed E-state index contributed by atoms with van der Waals surface area (Å²) >= 11 is 0. The van der Waals surface area contributed by atoms with Gasteiger partial charge in [-0.25, -0.2) is 17.5 Å². The van der Waals surface area contributed by atoms with E-state index >= 15 is 0 Å². The molecule has 1 aliphatic heterocycles. The van der Waals surface area contributed by atoms with E-state index in [9.17, 15) is 17.6 Å². The van der Waals surface area contributed by atoms with Gasteiger partial charge in [0, 0.05) is 56.5 Å². The number of carbonyl (C=O) groups is 1. The molecule has 1 N–H and O–H groups in total. The van der Waals surface area contributed by atoms with Crippen molar-refractivity contribution in [2.75, 3.05) is 32.9 Å². The average Bonchev–Trinajstić information content (AvgIpc) is 3.64. The van der Waals surface area contributed by atoms with Crippen LogP contribution in [-0.4, -0.2) is 78.7 Å². The number of halogens is 1. The highest BCUT2D eigenvalue weighted by Gasteiger charge is 2.42. The first kappa shape index (κ1) is 30.2. The predicted molar refractivity (Wildman–Crippen MR) is 167 cm³/mol. The van der Waals surface area contributed by atoms with Gasteiger partial charge in [0.05, 0.1) is 29.2 Å². The van der Waals surface area contributed by atoms with Gasteiger partial charge in [-0.3, -0.25) is 9.78 Å². The summed E-state index contributed by atoms with van der Waals surface area (Å²) in [6.45, 7) is 7.26. The summed E-state index contributed by atoms with van der Waals surface area (Å²) in [6.07, 6.45) is 13.4. The second-order valence-corrected chi connectivity index (χ2v) is 15.3. The van der Waals surface area contributed by atoms with E-state index in [1.54, 1.807) is 18.0 Å². The van der Waals surface area contributed by atoms with Crippen LogP contribution in [0.15, 0.2) is 42.9 Å². The number of sulfonamides is 1. The minimum absolute atomic E-state index is 0.00775. The monoisotopic (exact) mass is 609 g/mol. The quantitative estimate of drug-likeness (QED) is 0.381. The molecule has 3 fully saturated rings. The Morgan fingerprint density at radius 3 is 2.47 bits per heavy atom.